The molecule has 0 bridgehead atoms. The topological polar surface area (TPSA) is 50.9 Å². The number of rotatable bonds is 5. The molecule has 1 aromatic rings. The van der Waals surface area contributed by atoms with E-state index in [9.17, 15) is 5.11 Å². The molecule has 1 saturated heterocycles. The maximum absolute atomic E-state index is 12.6. The Hall–Kier alpha value is -0.370. The van der Waals surface area contributed by atoms with Crippen molar-refractivity contribution >= 4 is 62.3 Å². The summed E-state index contributed by atoms with van der Waals surface area (Å²) in [6.45, 7) is 13.5. The molecule has 0 amide bonds. The Kier molecular flexibility index (Phi) is 7.91. The Bertz CT molecular complexity index is 921. The normalized spacial score (nSPS) is 25.5. The fraction of sp³-hybridized carbons (Fsp3) is 0.667. The molecule has 1 aromatic carbocycles. The van der Waals surface area contributed by atoms with E-state index in [1.54, 1.807) is 4.68 Å². The van der Waals surface area contributed by atoms with Crippen LogP contribution >= 0.6 is 50.7 Å². The average molecular weight is 582 g/mol. The van der Waals surface area contributed by atoms with Gasteiger partial charge in [0, 0.05) is 27.5 Å². The summed E-state index contributed by atoms with van der Waals surface area (Å²) in [5.74, 6) is -0.816. The van der Waals surface area contributed by atoms with Gasteiger partial charge in [0.1, 0.15) is 6.61 Å². The minimum absolute atomic E-state index is 0.0938. The monoisotopic (exact) mass is 579 g/mol. The van der Waals surface area contributed by atoms with Crippen molar-refractivity contribution in [2.75, 3.05) is 6.61 Å². The largest absolute Gasteiger partial charge is 0.855 e. The third-order valence-corrected chi connectivity index (χ3v) is 7.61. The van der Waals surface area contributed by atoms with E-state index in [1.807, 2.05) is 24.3 Å². The van der Waals surface area contributed by atoms with E-state index in [0.717, 1.165) is 41.4 Å². The van der Waals surface area contributed by atoms with Crippen molar-refractivity contribution in [3.05, 3.63) is 34.3 Å². The number of hydrazone groups is 1. The lowest BCUT2D eigenvalue weighted by Crippen LogP contribution is -2.58. The molecule has 0 aliphatic carbocycles. The van der Waals surface area contributed by atoms with E-state index in [0.29, 0.717) is 6.61 Å². The molecule has 184 valence electrons. The SMILES string of the molecule is CC1(C)CC(CON2C(C)(C)CCCC2(C)C)[N+](/N=C(\[O-])C(Cl)(Cl)Cl)=C1c1ccc(Br)cc1. The van der Waals surface area contributed by atoms with Gasteiger partial charge in [-0.15, -0.1) is 0 Å². The van der Waals surface area contributed by atoms with E-state index in [2.05, 4.69) is 67.6 Å². The summed E-state index contributed by atoms with van der Waals surface area (Å²) in [5, 5.41) is 19.1. The molecule has 3 rings (SSSR count). The molecule has 0 aromatic heterocycles. The third kappa shape index (κ3) is 6.07. The first-order chi connectivity index (χ1) is 15.0. The van der Waals surface area contributed by atoms with Gasteiger partial charge in [-0.3, -0.25) is 4.84 Å². The Morgan fingerprint density at radius 2 is 1.67 bits per heavy atom. The van der Waals surface area contributed by atoms with Crippen molar-refractivity contribution in [2.24, 2.45) is 10.5 Å². The number of nitrogens with zero attached hydrogens (tertiary/aromatic N) is 3. The highest BCUT2D eigenvalue weighted by atomic mass is 79.9. The van der Waals surface area contributed by atoms with Crippen molar-refractivity contribution in [3.63, 3.8) is 0 Å². The second-order valence-electron chi connectivity index (χ2n) is 10.9. The standard InChI is InChI=1S/C24H33BrCl3N3O2/c1-21(2)14-18(15-33-31-22(3,4)12-7-13-23(31,5)6)30(29-20(32)24(26,27)28)19(21)16-8-10-17(25)11-9-16/h8-11,18H,7,12-15H2,1-6H3. The first-order valence-electron chi connectivity index (χ1n) is 11.2. The van der Waals surface area contributed by atoms with Crippen LogP contribution < -0.4 is 5.11 Å². The van der Waals surface area contributed by atoms with Gasteiger partial charge in [-0.1, -0.05) is 55.4 Å². The van der Waals surface area contributed by atoms with Gasteiger partial charge in [-0.05, 0) is 90.2 Å². The van der Waals surface area contributed by atoms with Crippen LogP contribution in [0.4, 0.5) is 0 Å². The Balaban J connectivity index is 2.02. The highest BCUT2D eigenvalue weighted by Gasteiger charge is 2.50. The van der Waals surface area contributed by atoms with Crippen molar-refractivity contribution in [1.82, 2.24) is 5.06 Å². The van der Waals surface area contributed by atoms with E-state index in [-0.39, 0.29) is 22.5 Å². The van der Waals surface area contributed by atoms with Crippen LogP contribution in [-0.2, 0) is 4.84 Å². The van der Waals surface area contributed by atoms with Crippen LogP contribution in [0.2, 0.25) is 0 Å². The van der Waals surface area contributed by atoms with Crippen LogP contribution in [0.25, 0.3) is 0 Å². The molecular weight excluding hydrogens is 549 g/mol. The van der Waals surface area contributed by atoms with Gasteiger partial charge in [-0.2, -0.15) is 5.06 Å². The summed E-state index contributed by atoms with van der Waals surface area (Å²) in [5.41, 5.74) is 1.41. The Morgan fingerprint density at radius 3 is 2.18 bits per heavy atom. The minimum atomic E-state index is -2.13. The number of hydrogen-bond donors (Lipinski definition) is 0. The van der Waals surface area contributed by atoms with Crippen LogP contribution in [0.3, 0.4) is 0 Å². The Labute approximate surface area is 220 Å². The predicted octanol–water partition coefficient (Wildman–Crippen LogP) is 6.07. The van der Waals surface area contributed by atoms with Crippen LogP contribution in [0.5, 0.6) is 0 Å². The van der Waals surface area contributed by atoms with Crippen molar-refractivity contribution < 1.29 is 14.6 Å². The van der Waals surface area contributed by atoms with Gasteiger partial charge in [0.15, 0.2) is 0 Å². The van der Waals surface area contributed by atoms with Gasteiger partial charge < -0.3 is 5.11 Å². The number of piperidine rings is 1. The number of benzene rings is 1. The molecule has 1 fully saturated rings. The van der Waals surface area contributed by atoms with Crippen molar-refractivity contribution in [2.45, 2.75) is 88.1 Å². The lowest BCUT2D eigenvalue weighted by Gasteiger charge is -2.51. The van der Waals surface area contributed by atoms with E-state index in [4.69, 9.17) is 39.6 Å². The van der Waals surface area contributed by atoms with Gasteiger partial charge in [0.2, 0.25) is 15.5 Å². The number of hydroxylamine groups is 2. The number of hydrogen-bond acceptors (Lipinski definition) is 4. The zero-order valence-corrected chi connectivity index (χ0v) is 23.9. The van der Waals surface area contributed by atoms with Gasteiger partial charge in [0.05, 0.1) is 11.3 Å². The van der Waals surface area contributed by atoms with Crippen molar-refractivity contribution in [3.8, 4) is 0 Å². The molecule has 0 radical (unpaired) electrons. The number of halogens is 4. The summed E-state index contributed by atoms with van der Waals surface area (Å²) in [4.78, 5) is 6.49. The van der Waals surface area contributed by atoms with Gasteiger partial charge in [0.25, 0.3) is 0 Å². The molecule has 0 spiro atoms. The summed E-state index contributed by atoms with van der Waals surface area (Å²) in [6.07, 6.45) is 4.02. The highest BCUT2D eigenvalue weighted by molar-refractivity contribution is 9.10. The lowest BCUT2D eigenvalue weighted by atomic mass is 9.81. The second kappa shape index (κ2) is 9.59. The molecule has 5 nitrogen and oxygen atoms in total. The quantitative estimate of drug-likeness (QED) is 0.184. The van der Waals surface area contributed by atoms with Gasteiger partial charge in [-0.25, -0.2) is 0 Å². The van der Waals surface area contributed by atoms with Crippen LogP contribution in [0, 0.1) is 5.41 Å². The first kappa shape index (κ1) is 27.2. The molecule has 1 unspecified atom stereocenters. The molecule has 2 aliphatic heterocycles. The van der Waals surface area contributed by atoms with Crippen LogP contribution in [0.1, 0.15) is 72.8 Å². The summed E-state index contributed by atoms with van der Waals surface area (Å²) in [7, 11) is 0. The molecule has 2 aliphatic rings. The molecule has 0 N–H and O–H groups in total. The fourth-order valence-corrected chi connectivity index (χ4v) is 5.68. The second-order valence-corrected chi connectivity index (χ2v) is 14.1. The average Bonchev–Trinajstić information content (AvgIpc) is 2.90. The Morgan fingerprint density at radius 1 is 1.12 bits per heavy atom. The summed E-state index contributed by atoms with van der Waals surface area (Å²) >= 11 is 21.1. The maximum Gasteiger partial charge on any atom is 0.224 e. The summed E-state index contributed by atoms with van der Waals surface area (Å²) in [6, 6.07) is 7.75. The van der Waals surface area contributed by atoms with Gasteiger partial charge >= 0.3 is 0 Å². The lowest BCUT2D eigenvalue weighted by molar-refractivity contribution is -0.575. The molecule has 9 heteroatoms. The number of alkyl halides is 3. The predicted molar refractivity (Wildman–Crippen MR) is 138 cm³/mol. The van der Waals surface area contributed by atoms with E-state index in [1.165, 1.54) is 0 Å². The zero-order valence-electron chi connectivity index (χ0n) is 20.1. The molecule has 2 heterocycles. The first-order valence-corrected chi connectivity index (χ1v) is 13.2. The molecule has 0 saturated carbocycles. The highest BCUT2D eigenvalue weighted by Crippen LogP contribution is 2.40. The molecule has 1 atom stereocenters. The van der Waals surface area contributed by atoms with E-state index >= 15 is 0 Å². The van der Waals surface area contributed by atoms with Crippen LogP contribution in [-0.4, -0.2) is 48.9 Å². The zero-order chi connectivity index (χ0) is 24.8. The molecule has 33 heavy (non-hydrogen) atoms. The minimum Gasteiger partial charge on any atom is -0.855 e. The van der Waals surface area contributed by atoms with Crippen molar-refractivity contribution in [1.29, 1.82) is 0 Å². The maximum atomic E-state index is 12.6. The van der Waals surface area contributed by atoms with E-state index < -0.39 is 9.69 Å². The van der Waals surface area contributed by atoms with Crippen LogP contribution in [0.15, 0.2) is 33.8 Å². The smallest absolute Gasteiger partial charge is 0.224 e. The summed E-state index contributed by atoms with van der Waals surface area (Å²) < 4.78 is 0.565. The molecular formula is C24H33BrCl3N3O2. The third-order valence-electron chi connectivity index (χ3n) is 6.59. The fourth-order valence-electron chi connectivity index (χ4n) is 5.30.